The number of benzene rings is 2. The van der Waals surface area contributed by atoms with E-state index >= 15 is 0 Å². The Morgan fingerprint density at radius 3 is 2.34 bits per heavy atom. The molecular weight excluding hydrogens is 390 g/mol. The van der Waals surface area contributed by atoms with Crippen LogP contribution in [0.25, 0.3) is 0 Å². The van der Waals surface area contributed by atoms with E-state index in [9.17, 15) is 19.8 Å². The molecule has 1 heterocycles. The van der Waals surface area contributed by atoms with Gasteiger partial charge in [-0.15, -0.1) is 0 Å². The maximum Gasteiger partial charge on any atom is 0.290 e. The predicted molar refractivity (Wildman–Crippen MR) is 112 cm³/mol. The van der Waals surface area contributed by atoms with Gasteiger partial charge in [-0.1, -0.05) is 56.6 Å². The molecule has 1 amide bonds. The number of amides is 1. The van der Waals surface area contributed by atoms with Gasteiger partial charge >= 0.3 is 0 Å². The van der Waals surface area contributed by atoms with Crippen LogP contribution in [-0.2, 0) is 16.0 Å². The van der Waals surface area contributed by atoms with E-state index in [0.29, 0.717) is 23.6 Å². The van der Waals surface area contributed by atoms with E-state index in [4.69, 9.17) is 11.6 Å². The molecule has 0 saturated carbocycles. The highest BCUT2D eigenvalue weighted by Crippen LogP contribution is 2.41. The summed E-state index contributed by atoms with van der Waals surface area (Å²) in [4.78, 5) is 27.4. The topological polar surface area (TPSA) is 77.8 Å². The van der Waals surface area contributed by atoms with Gasteiger partial charge in [-0.3, -0.25) is 9.59 Å². The van der Waals surface area contributed by atoms with Crippen molar-refractivity contribution in [3.8, 4) is 5.75 Å². The van der Waals surface area contributed by atoms with Gasteiger partial charge in [0.05, 0.1) is 11.6 Å². The quantitative estimate of drug-likeness (QED) is 0.750. The lowest BCUT2D eigenvalue weighted by Gasteiger charge is -2.29. The maximum atomic E-state index is 13.1. The van der Waals surface area contributed by atoms with Crippen molar-refractivity contribution in [3.05, 3.63) is 76.0 Å². The van der Waals surface area contributed by atoms with Gasteiger partial charge in [0, 0.05) is 17.0 Å². The fourth-order valence-electron chi connectivity index (χ4n) is 3.46. The Bertz CT molecular complexity index is 973. The number of carbonyl (C=O) groups excluding carboxylic acids is 2. The van der Waals surface area contributed by atoms with E-state index in [1.165, 1.54) is 17.0 Å². The van der Waals surface area contributed by atoms with E-state index < -0.39 is 23.1 Å². The van der Waals surface area contributed by atoms with Crippen molar-refractivity contribution < 1.29 is 19.8 Å². The number of rotatable bonds is 5. The standard InChI is InChI=1S/C23H24ClNO4/c1-23(2,3)21(28)18-19(15-5-4-6-17(26)13-15)25(22(29)20(18)27)12-11-14-7-9-16(24)10-8-14/h4-10,13,19,26-27H,11-12H2,1-3H3. The van der Waals surface area contributed by atoms with Crippen molar-refractivity contribution in [1.29, 1.82) is 0 Å². The van der Waals surface area contributed by atoms with Crippen LogP contribution >= 0.6 is 11.6 Å². The lowest BCUT2D eigenvalue weighted by Crippen LogP contribution is -2.34. The average Bonchev–Trinajstić information content (AvgIpc) is 2.91. The molecule has 152 valence electrons. The summed E-state index contributed by atoms with van der Waals surface area (Å²) in [5, 5.41) is 21.1. The van der Waals surface area contributed by atoms with Crippen molar-refractivity contribution in [3.63, 3.8) is 0 Å². The summed E-state index contributed by atoms with van der Waals surface area (Å²) in [7, 11) is 0. The molecule has 0 aromatic heterocycles. The Hall–Kier alpha value is -2.79. The molecule has 3 rings (SSSR count). The molecule has 0 saturated heterocycles. The lowest BCUT2D eigenvalue weighted by molar-refractivity contribution is -0.129. The number of nitrogens with zero attached hydrogens (tertiary/aromatic N) is 1. The zero-order valence-electron chi connectivity index (χ0n) is 16.6. The molecule has 0 radical (unpaired) electrons. The van der Waals surface area contributed by atoms with Crippen molar-refractivity contribution in [2.75, 3.05) is 6.54 Å². The molecule has 5 nitrogen and oxygen atoms in total. The second-order valence-electron chi connectivity index (χ2n) is 8.21. The van der Waals surface area contributed by atoms with E-state index in [-0.39, 0.29) is 17.1 Å². The summed E-state index contributed by atoms with van der Waals surface area (Å²) in [5.74, 6) is -1.37. The Morgan fingerprint density at radius 2 is 1.76 bits per heavy atom. The van der Waals surface area contributed by atoms with Crippen LogP contribution in [0.5, 0.6) is 5.75 Å². The number of Topliss-reactive ketones (excluding diaryl/α,β-unsaturated/α-hetero) is 1. The minimum absolute atomic E-state index is 0.0292. The van der Waals surface area contributed by atoms with Crippen molar-refractivity contribution >= 4 is 23.3 Å². The SMILES string of the molecule is CC(C)(C)C(=O)C1=C(O)C(=O)N(CCc2ccc(Cl)cc2)C1c1cccc(O)c1. The van der Waals surface area contributed by atoms with Crippen molar-refractivity contribution in [1.82, 2.24) is 4.90 Å². The van der Waals surface area contributed by atoms with E-state index in [2.05, 4.69) is 0 Å². The molecule has 6 heteroatoms. The van der Waals surface area contributed by atoms with Gasteiger partial charge in [-0.2, -0.15) is 0 Å². The van der Waals surface area contributed by atoms with Crippen LogP contribution in [0.2, 0.25) is 5.02 Å². The predicted octanol–water partition coefficient (Wildman–Crippen LogP) is 4.60. The number of carbonyl (C=O) groups is 2. The summed E-state index contributed by atoms with van der Waals surface area (Å²) in [6.07, 6.45) is 0.530. The second kappa shape index (κ2) is 7.91. The maximum absolute atomic E-state index is 13.1. The molecular formula is C23H24ClNO4. The summed E-state index contributed by atoms with van der Waals surface area (Å²) >= 11 is 5.93. The normalized spacial score (nSPS) is 17.2. The fraction of sp³-hybridized carbons (Fsp3) is 0.304. The third-order valence-corrected chi connectivity index (χ3v) is 5.22. The first kappa shape index (κ1) is 20.9. The zero-order chi connectivity index (χ0) is 21.3. The number of aromatic hydroxyl groups is 1. The van der Waals surface area contributed by atoms with Gasteiger partial charge in [0.1, 0.15) is 5.75 Å². The third-order valence-electron chi connectivity index (χ3n) is 4.97. The lowest BCUT2D eigenvalue weighted by atomic mass is 9.82. The molecule has 0 fully saturated rings. The molecule has 1 atom stereocenters. The van der Waals surface area contributed by atoms with E-state index in [1.54, 1.807) is 45.0 Å². The highest BCUT2D eigenvalue weighted by Gasteiger charge is 2.45. The summed E-state index contributed by atoms with van der Waals surface area (Å²) in [6.45, 7) is 5.54. The van der Waals surface area contributed by atoms with E-state index in [1.807, 2.05) is 12.1 Å². The number of hydrogen-bond donors (Lipinski definition) is 2. The molecule has 0 bridgehead atoms. The number of aliphatic hydroxyl groups is 1. The number of aliphatic hydroxyl groups excluding tert-OH is 1. The van der Waals surface area contributed by atoms with Crippen molar-refractivity contribution in [2.45, 2.75) is 33.2 Å². The van der Waals surface area contributed by atoms with Gasteiger partial charge in [-0.05, 0) is 41.8 Å². The van der Waals surface area contributed by atoms with E-state index in [0.717, 1.165) is 5.56 Å². The summed E-state index contributed by atoms with van der Waals surface area (Å²) in [5.41, 5.74) is 0.854. The van der Waals surface area contributed by atoms with Gasteiger partial charge < -0.3 is 15.1 Å². The highest BCUT2D eigenvalue weighted by atomic mass is 35.5. The molecule has 1 aliphatic heterocycles. The third kappa shape index (κ3) is 4.30. The van der Waals surface area contributed by atoms with Gasteiger partial charge in [0.25, 0.3) is 5.91 Å². The number of halogens is 1. The first-order chi connectivity index (χ1) is 13.6. The summed E-state index contributed by atoms with van der Waals surface area (Å²) < 4.78 is 0. The van der Waals surface area contributed by atoms with Crippen LogP contribution in [0.1, 0.15) is 37.9 Å². The largest absolute Gasteiger partial charge is 0.508 e. The number of phenolic OH excluding ortho intramolecular Hbond substituents is 1. The molecule has 29 heavy (non-hydrogen) atoms. The number of phenols is 1. The minimum atomic E-state index is -0.773. The van der Waals surface area contributed by atoms with Gasteiger partial charge in [-0.25, -0.2) is 0 Å². The van der Waals surface area contributed by atoms with Crippen LogP contribution < -0.4 is 0 Å². The Morgan fingerprint density at radius 1 is 1.10 bits per heavy atom. The second-order valence-corrected chi connectivity index (χ2v) is 8.65. The zero-order valence-corrected chi connectivity index (χ0v) is 17.4. The Balaban J connectivity index is 1.99. The van der Waals surface area contributed by atoms with Crippen molar-refractivity contribution in [2.24, 2.45) is 5.41 Å². The first-order valence-electron chi connectivity index (χ1n) is 9.42. The Kier molecular flexibility index (Phi) is 5.71. The van der Waals surface area contributed by atoms with Gasteiger partial charge in [0.15, 0.2) is 11.5 Å². The summed E-state index contributed by atoms with van der Waals surface area (Å²) in [6, 6.07) is 13.0. The minimum Gasteiger partial charge on any atom is -0.508 e. The van der Waals surface area contributed by atoms with Crippen LogP contribution in [0.15, 0.2) is 59.9 Å². The molecule has 1 unspecified atom stereocenters. The highest BCUT2D eigenvalue weighted by molar-refractivity contribution is 6.30. The van der Waals surface area contributed by atoms with Crippen LogP contribution in [0.4, 0.5) is 0 Å². The Labute approximate surface area is 175 Å². The molecule has 2 N–H and O–H groups in total. The van der Waals surface area contributed by atoms with Gasteiger partial charge in [0.2, 0.25) is 0 Å². The first-order valence-corrected chi connectivity index (χ1v) is 9.79. The molecule has 0 aliphatic carbocycles. The number of hydrogen-bond acceptors (Lipinski definition) is 4. The fourth-order valence-corrected chi connectivity index (χ4v) is 3.59. The molecule has 1 aliphatic rings. The number of ketones is 1. The smallest absolute Gasteiger partial charge is 0.290 e. The van der Waals surface area contributed by atoms with Crippen LogP contribution in [0, 0.1) is 5.41 Å². The van der Waals surface area contributed by atoms with Crippen LogP contribution in [0.3, 0.4) is 0 Å². The van der Waals surface area contributed by atoms with Crippen LogP contribution in [-0.4, -0.2) is 33.3 Å². The molecule has 2 aromatic carbocycles. The average molecular weight is 414 g/mol. The molecule has 2 aromatic rings. The molecule has 0 spiro atoms. The monoisotopic (exact) mass is 413 g/mol.